The van der Waals surface area contributed by atoms with E-state index < -0.39 is 5.60 Å². The topological polar surface area (TPSA) is 43.8 Å². The molecule has 1 heterocycles. The molecule has 0 unspecified atom stereocenters. The highest BCUT2D eigenvalue weighted by Gasteiger charge is 2.25. The number of amides is 1. The highest BCUT2D eigenvalue weighted by molar-refractivity contribution is 5.94. The molecule has 4 nitrogen and oxygen atoms in total. The standard InChI is InChI=1S/C16H23FN2O2/c1-12-8-13(10-14(17)9-12)15(20)19-6-4-18(5-7-19)11-16(2,3)21/h8-10,21H,4-7,11H2,1-3H3. The van der Waals surface area contributed by atoms with Gasteiger partial charge in [-0.15, -0.1) is 0 Å². The molecule has 1 amide bonds. The van der Waals surface area contributed by atoms with E-state index in [2.05, 4.69) is 4.90 Å². The molecule has 21 heavy (non-hydrogen) atoms. The van der Waals surface area contributed by atoms with E-state index >= 15 is 0 Å². The van der Waals surface area contributed by atoms with Gasteiger partial charge in [0.15, 0.2) is 0 Å². The number of aryl methyl sites for hydroxylation is 1. The first-order valence-corrected chi connectivity index (χ1v) is 7.26. The van der Waals surface area contributed by atoms with Gasteiger partial charge in [-0.2, -0.15) is 0 Å². The second-order valence-corrected chi connectivity index (χ2v) is 6.40. The minimum Gasteiger partial charge on any atom is -0.389 e. The third-order valence-corrected chi connectivity index (χ3v) is 3.56. The maximum Gasteiger partial charge on any atom is 0.254 e. The van der Waals surface area contributed by atoms with Crippen molar-refractivity contribution < 1.29 is 14.3 Å². The van der Waals surface area contributed by atoms with Crippen LogP contribution < -0.4 is 0 Å². The Labute approximate surface area is 125 Å². The Morgan fingerprint density at radius 2 is 1.86 bits per heavy atom. The first-order valence-electron chi connectivity index (χ1n) is 7.26. The first kappa shape index (κ1) is 15.9. The number of piperazine rings is 1. The number of halogens is 1. The van der Waals surface area contributed by atoms with Crippen LogP contribution in [0.15, 0.2) is 18.2 Å². The summed E-state index contributed by atoms with van der Waals surface area (Å²) in [4.78, 5) is 16.3. The van der Waals surface area contributed by atoms with Crippen LogP contribution in [0.3, 0.4) is 0 Å². The highest BCUT2D eigenvalue weighted by Crippen LogP contribution is 2.14. The van der Waals surface area contributed by atoms with Crippen LogP contribution in [0, 0.1) is 12.7 Å². The fourth-order valence-corrected chi connectivity index (χ4v) is 2.70. The van der Waals surface area contributed by atoms with Crippen LogP contribution in [0.2, 0.25) is 0 Å². The third kappa shape index (κ3) is 4.51. The van der Waals surface area contributed by atoms with Crippen LogP contribution >= 0.6 is 0 Å². The van der Waals surface area contributed by atoms with Gasteiger partial charge in [-0.3, -0.25) is 9.69 Å². The molecule has 2 rings (SSSR count). The number of hydrogen-bond donors (Lipinski definition) is 1. The van der Waals surface area contributed by atoms with Crippen molar-refractivity contribution in [2.24, 2.45) is 0 Å². The Bertz CT molecular complexity index is 497. The van der Waals surface area contributed by atoms with Gasteiger partial charge in [-0.25, -0.2) is 4.39 Å². The molecule has 0 aromatic heterocycles. The summed E-state index contributed by atoms with van der Waals surface area (Å²) in [5, 5.41) is 9.82. The summed E-state index contributed by atoms with van der Waals surface area (Å²) in [6, 6.07) is 4.42. The maximum atomic E-state index is 13.4. The average molecular weight is 294 g/mol. The van der Waals surface area contributed by atoms with Gasteiger partial charge < -0.3 is 10.0 Å². The first-order chi connectivity index (χ1) is 9.74. The van der Waals surface area contributed by atoms with Crippen molar-refractivity contribution in [1.29, 1.82) is 0 Å². The largest absolute Gasteiger partial charge is 0.389 e. The maximum absolute atomic E-state index is 13.4. The van der Waals surface area contributed by atoms with E-state index in [1.807, 2.05) is 0 Å². The van der Waals surface area contributed by atoms with Gasteiger partial charge in [-0.1, -0.05) is 0 Å². The van der Waals surface area contributed by atoms with E-state index in [0.29, 0.717) is 25.2 Å². The number of hydrogen-bond acceptors (Lipinski definition) is 3. The molecular weight excluding hydrogens is 271 g/mol. The van der Waals surface area contributed by atoms with Crippen molar-refractivity contribution in [3.63, 3.8) is 0 Å². The van der Waals surface area contributed by atoms with Gasteiger partial charge in [0.25, 0.3) is 5.91 Å². The van der Waals surface area contributed by atoms with Crippen LogP contribution in [0.1, 0.15) is 29.8 Å². The second-order valence-electron chi connectivity index (χ2n) is 6.40. The molecular formula is C16H23FN2O2. The lowest BCUT2D eigenvalue weighted by Crippen LogP contribution is -2.52. The predicted molar refractivity (Wildman–Crippen MR) is 79.8 cm³/mol. The van der Waals surface area contributed by atoms with Gasteiger partial charge in [0.1, 0.15) is 5.82 Å². The number of carbonyl (C=O) groups excluding carboxylic acids is 1. The summed E-state index contributed by atoms with van der Waals surface area (Å²) >= 11 is 0. The summed E-state index contributed by atoms with van der Waals surface area (Å²) in [6.07, 6.45) is 0. The molecule has 1 N–H and O–H groups in total. The zero-order valence-corrected chi connectivity index (χ0v) is 12.9. The zero-order chi connectivity index (χ0) is 15.6. The third-order valence-electron chi connectivity index (χ3n) is 3.56. The molecule has 5 heteroatoms. The van der Waals surface area contributed by atoms with Crippen molar-refractivity contribution >= 4 is 5.91 Å². The van der Waals surface area contributed by atoms with Crippen molar-refractivity contribution in [2.75, 3.05) is 32.7 Å². The van der Waals surface area contributed by atoms with E-state index in [-0.39, 0.29) is 11.7 Å². The molecule has 116 valence electrons. The summed E-state index contributed by atoms with van der Waals surface area (Å²) < 4.78 is 13.4. The lowest BCUT2D eigenvalue weighted by molar-refractivity contribution is 0.0178. The summed E-state index contributed by atoms with van der Waals surface area (Å²) in [6.45, 7) is 8.58. The molecule has 1 aromatic rings. The number of rotatable bonds is 3. The van der Waals surface area contributed by atoms with Gasteiger partial charge >= 0.3 is 0 Å². The van der Waals surface area contributed by atoms with E-state index in [4.69, 9.17) is 0 Å². The monoisotopic (exact) mass is 294 g/mol. The Balaban J connectivity index is 1.97. The Hall–Kier alpha value is -1.46. The van der Waals surface area contributed by atoms with Gasteiger partial charge in [0, 0.05) is 38.3 Å². The highest BCUT2D eigenvalue weighted by atomic mass is 19.1. The molecule has 0 aliphatic carbocycles. The lowest BCUT2D eigenvalue weighted by atomic mass is 10.1. The number of carbonyl (C=O) groups is 1. The second kappa shape index (κ2) is 6.12. The van der Waals surface area contributed by atoms with E-state index in [1.165, 1.54) is 12.1 Å². The minimum atomic E-state index is -0.730. The Kier molecular flexibility index (Phi) is 4.64. The molecule has 0 spiro atoms. The van der Waals surface area contributed by atoms with Crippen LogP contribution in [0.4, 0.5) is 4.39 Å². The molecule has 0 atom stereocenters. The fourth-order valence-electron chi connectivity index (χ4n) is 2.70. The summed E-state index contributed by atoms with van der Waals surface area (Å²) in [5.41, 5.74) is 0.425. The lowest BCUT2D eigenvalue weighted by Gasteiger charge is -2.37. The van der Waals surface area contributed by atoms with Crippen molar-refractivity contribution in [3.05, 3.63) is 35.1 Å². The fraction of sp³-hybridized carbons (Fsp3) is 0.562. The Morgan fingerprint density at radius 3 is 2.38 bits per heavy atom. The van der Waals surface area contributed by atoms with Crippen LogP contribution in [-0.4, -0.2) is 59.1 Å². The predicted octanol–water partition coefficient (Wildman–Crippen LogP) is 1.66. The molecule has 1 aliphatic rings. The van der Waals surface area contributed by atoms with Gasteiger partial charge in [0.05, 0.1) is 5.60 Å². The normalized spacial score (nSPS) is 17.1. The smallest absolute Gasteiger partial charge is 0.254 e. The van der Waals surface area contributed by atoms with Crippen LogP contribution in [-0.2, 0) is 0 Å². The number of β-amino-alcohol motifs (C(OH)–C–C–N with tert-alkyl or cyclic N) is 1. The van der Waals surface area contributed by atoms with E-state index in [0.717, 1.165) is 18.7 Å². The Morgan fingerprint density at radius 1 is 1.24 bits per heavy atom. The molecule has 1 fully saturated rings. The van der Waals surface area contributed by atoms with E-state index in [9.17, 15) is 14.3 Å². The molecule has 1 aromatic carbocycles. The average Bonchev–Trinajstić information content (AvgIpc) is 2.35. The summed E-state index contributed by atoms with van der Waals surface area (Å²) in [7, 11) is 0. The van der Waals surface area contributed by atoms with E-state index in [1.54, 1.807) is 31.7 Å². The molecule has 0 bridgehead atoms. The van der Waals surface area contributed by atoms with Crippen molar-refractivity contribution in [2.45, 2.75) is 26.4 Å². The van der Waals surface area contributed by atoms with Crippen LogP contribution in [0.5, 0.6) is 0 Å². The quantitative estimate of drug-likeness (QED) is 0.922. The minimum absolute atomic E-state index is 0.125. The molecule has 0 radical (unpaired) electrons. The molecule has 0 saturated carbocycles. The number of aliphatic hydroxyl groups is 1. The molecule has 1 aliphatic heterocycles. The summed E-state index contributed by atoms with van der Waals surface area (Å²) in [5.74, 6) is -0.500. The van der Waals surface area contributed by atoms with Gasteiger partial charge in [0.2, 0.25) is 0 Å². The van der Waals surface area contributed by atoms with Crippen LogP contribution in [0.25, 0.3) is 0 Å². The zero-order valence-electron chi connectivity index (χ0n) is 12.9. The number of nitrogens with zero attached hydrogens (tertiary/aromatic N) is 2. The van der Waals surface area contributed by atoms with Crippen molar-refractivity contribution in [1.82, 2.24) is 9.80 Å². The molecule has 1 saturated heterocycles. The SMILES string of the molecule is Cc1cc(F)cc(C(=O)N2CCN(CC(C)(C)O)CC2)c1. The van der Waals surface area contributed by atoms with Crippen molar-refractivity contribution in [3.8, 4) is 0 Å². The number of benzene rings is 1. The van der Waals surface area contributed by atoms with Gasteiger partial charge in [-0.05, 0) is 44.5 Å².